The summed E-state index contributed by atoms with van der Waals surface area (Å²) >= 11 is 0. The highest BCUT2D eigenvalue weighted by Gasteiger charge is 2.26. The van der Waals surface area contributed by atoms with Crippen LogP contribution in [0.15, 0.2) is 73.3 Å². The molecule has 3 aromatic rings. The van der Waals surface area contributed by atoms with Crippen molar-refractivity contribution in [2.24, 2.45) is 5.73 Å². The van der Waals surface area contributed by atoms with E-state index in [2.05, 4.69) is 40.4 Å². The molecule has 0 spiro atoms. The Hall–Kier alpha value is -3.05. The number of amides is 1. The molecular weight excluding hydrogens is 348 g/mol. The zero-order valence-corrected chi connectivity index (χ0v) is 16.1. The van der Waals surface area contributed by atoms with E-state index in [1.807, 2.05) is 48.9 Å². The molecule has 0 aliphatic carbocycles. The molecule has 2 unspecified atom stereocenters. The molecule has 1 aromatic carbocycles. The molecule has 0 radical (unpaired) electrons. The Kier molecular flexibility index (Phi) is 6.87. The third-order valence-electron chi connectivity index (χ3n) is 5.03. The van der Waals surface area contributed by atoms with Crippen LogP contribution < -0.4 is 11.1 Å². The molecule has 0 saturated carbocycles. The van der Waals surface area contributed by atoms with Crippen molar-refractivity contribution in [3.05, 3.63) is 95.6 Å². The summed E-state index contributed by atoms with van der Waals surface area (Å²) in [5.74, 6) is -0.222. The second-order valence-corrected chi connectivity index (χ2v) is 6.97. The predicted octanol–water partition coefficient (Wildman–Crippen LogP) is 3.32. The van der Waals surface area contributed by atoms with E-state index in [9.17, 15) is 4.79 Å². The predicted molar refractivity (Wildman–Crippen MR) is 111 cm³/mol. The summed E-state index contributed by atoms with van der Waals surface area (Å²) in [5, 5.41) is 3.40. The number of aromatic nitrogens is 2. The Balaban J connectivity index is 1.95. The lowest BCUT2D eigenvalue weighted by molar-refractivity contribution is -0.117. The summed E-state index contributed by atoms with van der Waals surface area (Å²) in [5.41, 5.74) is 10.2. The van der Waals surface area contributed by atoms with Crippen molar-refractivity contribution in [3.63, 3.8) is 0 Å². The van der Waals surface area contributed by atoms with Gasteiger partial charge in [-0.1, -0.05) is 30.3 Å². The van der Waals surface area contributed by atoms with Gasteiger partial charge < -0.3 is 11.1 Å². The van der Waals surface area contributed by atoms with Crippen molar-refractivity contribution < 1.29 is 4.79 Å². The molecule has 0 aliphatic rings. The van der Waals surface area contributed by atoms with E-state index in [1.165, 1.54) is 16.7 Å². The fraction of sp³-hybridized carbons (Fsp3) is 0.261. The molecule has 3 N–H and O–H groups in total. The average molecular weight is 374 g/mol. The monoisotopic (exact) mass is 374 g/mol. The number of primary amides is 1. The lowest BCUT2D eigenvalue weighted by atomic mass is 9.82. The summed E-state index contributed by atoms with van der Waals surface area (Å²) in [6, 6.07) is 16.4. The zero-order valence-electron chi connectivity index (χ0n) is 16.1. The first-order chi connectivity index (χ1) is 13.6. The van der Waals surface area contributed by atoms with Crippen LogP contribution in [0.5, 0.6) is 0 Å². The highest BCUT2D eigenvalue weighted by atomic mass is 16.1. The van der Waals surface area contributed by atoms with Gasteiger partial charge in [-0.25, -0.2) is 0 Å². The van der Waals surface area contributed by atoms with Crippen LogP contribution in [0.3, 0.4) is 0 Å². The van der Waals surface area contributed by atoms with Gasteiger partial charge in [-0.2, -0.15) is 0 Å². The number of pyridine rings is 2. The molecule has 2 aromatic heterocycles. The van der Waals surface area contributed by atoms with Crippen LogP contribution in [0, 0.1) is 6.92 Å². The van der Waals surface area contributed by atoms with Crippen LogP contribution in [0.2, 0.25) is 0 Å². The second-order valence-electron chi connectivity index (χ2n) is 6.97. The Labute approximate surface area is 166 Å². The number of carbonyl (C=O) groups excluding carboxylic acids is 1. The number of nitrogens with zero attached hydrogens (tertiary/aromatic N) is 2. The Morgan fingerprint density at radius 3 is 2.50 bits per heavy atom. The van der Waals surface area contributed by atoms with Crippen LogP contribution in [-0.2, 0) is 11.2 Å². The molecule has 5 nitrogen and oxygen atoms in total. The molecular formula is C23H26N4O. The molecule has 0 bridgehead atoms. The van der Waals surface area contributed by atoms with Gasteiger partial charge >= 0.3 is 0 Å². The van der Waals surface area contributed by atoms with Crippen molar-refractivity contribution in [1.29, 1.82) is 0 Å². The van der Waals surface area contributed by atoms with E-state index >= 15 is 0 Å². The first kappa shape index (κ1) is 19.7. The van der Waals surface area contributed by atoms with Crippen LogP contribution in [0.25, 0.3) is 0 Å². The van der Waals surface area contributed by atoms with Crippen LogP contribution >= 0.6 is 0 Å². The quantitative estimate of drug-likeness (QED) is 0.602. The normalized spacial score (nSPS) is 13.0. The molecule has 0 aliphatic heterocycles. The molecule has 2 atom stereocenters. The van der Waals surface area contributed by atoms with E-state index in [0.717, 1.165) is 18.4 Å². The van der Waals surface area contributed by atoms with Gasteiger partial charge in [0.05, 0.1) is 6.54 Å². The number of nitrogens with two attached hydrogens (primary N) is 1. The topological polar surface area (TPSA) is 80.9 Å². The van der Waals surface area contributed by atoms with E-state index < -0.39 is 0 Å². The third kappa shape index (κ3) is 5.24. The lowest BCUT2D eigenvalue weighted by Crippen LogP contribution is -2.35. The molecule has 5 heteroatoms. The number of carbonyl (C=O) groups is 1. The molecule has 144 valence electrons. The number of rotatable bonds is 9. The Morgan fingerprint density at radius 1 is 1.04 bits per heavy atom. The van der Waals surface area contributed by atoms with Gasteiger partial charge in [0, 0.05) is 36.7 Å². The zero-order chi connectivity index (χ0) is 19.8. The molecule has 28 heavy (non-hydrogen) atoms. The minimum Gasteiger partial charge on any atom is -0.369 e. The van der Waals surface area contributed by atoms with Crippen LogP contribution in [0.4, 0.5) is 0 Å². The minimum atomic E-state index is -0.363. The SMILES string of the molecule is Cc1ccccc1C(NCC(N)=O)C(CCc1ccncc1)c1cccnc1. The summed E-state index contributed by atoms with van der Waals surface area (Å²) in [7, 11) is 0. The highest BCUT2D eigenvalue weighted by molar-refractivity contribution is 5.76. The van der Waals surface area contributed by atoms with Crippen molar-refractivity contribution in [2.45, 2.75) is 31.7 Å². The highest BCUT2D eigenvalue weighted by Crippen LogP contribution is 2.35. The maximum atomic E-state index is 11.5. The Bertz CT molecular complexity index is 883. The molecule has 2 heterocycles. The molecule has 3 rings (SSSR count). The fourth-order valence-electron chi connectivity index (χ4n) is 3.61. The van der Waals surface area contributed by atoms with E-state index in [1.54, 1.807) is 6.20 Å². The van der Waals surface area contributed by atoms with Gasteiger partial charge in [0.2, 0.25) is 5.91 Å². The maximum absolute atomic E-state index is 11.5. The lowest BCUT2D eigenvalue weighted by Gasteiger charge is -2.30. The van der Waals surface area contributed by atoms with Gasteiger partial charge in [-0.3, -0.25) is 14.8 Å². The van der Waals surface area contributed by atoms with Crippen molar-refractivity contribution in [1.82, 2.24) is 15.3 Å². The molecule has 0 fully saturated rings. The van der Waals surface area contributed by atoms with E-state index in [4.69, 9.17) is 5.73 Å². The fourth-order valence-corrected chi connectivity index (χ4v) is 3.61. The molecule has 0 saturated heterocycles. The van der Waals surface area contributed by atoms with Gasteiger partial charge in [0.1, 0.15) is 0 Å². The standard InChI is InChI=1S/C23H26N4O/c1-17-5-2-3-7-20(17)23(27-16-22(24)28)21(19-6-4-12-26-15-19)9-8-18-10-13-25-14-11-18/h2-7,10-15,21,23,27H,8-9,16H2,1H3,(H2,24,28). The maximum Gasteiger partial charge on any atom is 0.231 e. The first-order valence-electron chi connectivity index (χ1n) is 9.51. The van der Waals surface area contributed by atoms with Gasteiger partial charge in [-0.05, 0) is 60.2 Å². The number of hydrogen-bond donors (Lipinski definition) is 2. The van der Waals surface area contributed by atoms with Crippen molar-refractivity contribution in [2.75, 3.05) is 6.54 Å². The average Bonchev–Trinajstić information content (AvgIpc) is 2.72. The van der Waals surface area contributed by atoms with Crippen molar-refractivity contribution >= 4 is 5.91 Å². The summed E-state index contributed by atoms with van der Waals surface area (Å²) < 4.78 is 0. The van der Waals surface area contributed by atoms with Gasteiger partial charge in [0.15, 0.2) is 0 Å². The van der Waals surface area contributed by atoms with E-state index in [0.29, 0.717) is 0 Å². The van der Waals surface area contributed by atoms with Crippen LogP contribution in [-0.4, -0.2) is 22.4 Å². The largest absolute Gasteiger partial charge is 0.369 e. The summed E-state index contributed by atoms with van der Waals surface area (Å²) in [6.45, 7) is 2.22. The minimum absolute atomic E-state index is 0.0419. The number of nitrogens with one attached hydrogen (secondary N) is 1. The number of aryl methyl sites for hydroxylation is 2. The van der Waals surface area contributed by atoms with Crippen LogP contribution in [0.1, 0.15) is 40.6 Å². The Morgan fingerprint density at radius 2 is 1.82 bits per heavy atom. The third-order valence-corrected chi connectivity index (χ3v) is 5.03. The summed E-state index contributed by atoms with van der Waals surface area (Å²) in [4.78, 5) is 19.9. The van der Waals surface area contributed by atoms with Gasteiger partial charge in [-0.15, -0.1) is 0 Å². The molecule has 1 amide bonds. The van der Waals surface area contributed by atoms with Crippen molar-refractivity contribution in [3.8, 4) is 0 Å². The number of hydrogen-bond acceptors (Lipinski definition) is 4. The first-order valence-corrected chi connectivity index (χ1v) is 9.51. The number of benzene rings is 1. The van der Waals surface area contributed by atoms with Gasteiger partial charge in [0.25, 0.3) is 0 Å². The smallest absolute Gasteiger partial charge is 0.231 e. The summed E-state index contributed by atoms with van der Waals surface area (Å²) in [6.07, 6.45) is 9.14. The van der Waals surface area contributed by atoms with E-state index in [-0.39, 0.29) is 24.4 Å². The second kappa shape index (κ2) is 9.76.